The molecule has 3 aromatic carbocycles. The summed E-state index contributed by atoms with van der Waals surface area (Å²) in [6.45, 7) is 9.36. The van der Waals surface area contributed by atoms with Gasteiger partial charge in [0.2, 0.25) is 6.79 Å². The summed E-state index contributed by atoms with van der Waals surface area (Å²) >= 11 is 1.46. The Kier molecular flexibility index (Phi) is 9.17. The highest BCUT2D eigenvalue weighted by Crippen LogP contribution is 2.65. The number of nitrogens with one attached hydrogen (secondary N) is 1. The smallest absolute Gasteiger partial charge is 0.507 e. The topological polar surface area (TPSA) is 182 Å². The number of aromatic hydroxyl groups is 2. The standard InChI is InChI=1S/C43H48N4O11S/c1-20-11-23-14-42(16-44)17-46(6)31(28(23)34(49)35(20)53-8)32-38-30-29(37-36(55-19-56-37)21(2)33(30)48)25(47(32)42)15-54-39(50)43(18-59-38)24-13-26(52-7)27(12-22(24)9-10-45-43)57-40(51)58-41(3,4)5/h11-13,25,31-32,38,45,48-49H,9-10,14-15,17-19H2,1-8H3/t25-,31+,32?,38+,42-,43+/m0/s1. The highest BCUT2D eigenvalue weighted by molar-refractivity contribution is 7.99. The molecule has 3 aromatic rings. The van der Waals surface area contributed by atoms with Gasteiger partial charge in [0.15, 0.2) is 40.0 Å². The Bertz CT molecular complexity index is 2360. The number of nitrogens with zero attached hydrogens (tertiary/aromatic N) is 3. The molecule has 11 rings (SSSR count). The molecule has 2 fully saturated rings. The maximum atomic E-state index is 15.0. The first-order valence-corrected chi connectivity index (χ1v) is 20.7. The van der Waals surface area contributed by atoms with E-state index in [-0.39, 0.29) is 48.6 Å². The summed E-state index contributed by atoms with van der Waals surface area (Å²) in [5.41, 5.74) is 1.97. The normalized spacial score (nSPS) is 28.9. The Morgan fingerprint density at radius 3 is 2.49 bits per heavy atom. The monoisotopic (exact) mass is 828 g/mol. The van der Waals surface area contributed by atoms with Crippen LogP contribution in [0.1, 0.15) is 82.6 Å². The van der Waals surface area contributed by atoms with E-state index in [4.69, 9.17) is 33.2 Å². The van der Waals surface area contributed by atoms with Crippen molar-refractivity contribution in [3.8, 4) is 46.3 Å². The van der Waals surface area contributed by atoms with E-state index in [0.29, 0.717) is 64.6 Å². The van der Waals surface area contributed by atoms with Crippen molar-refractivity contribution in [2.45, 2.75) is 87.5 Å². The van der Waals surface area contributed by atoms with Crippen molar-refractivity contribution < 1.29 is 53.0 Å². The van der Waals surface area contributed by atoms with Crippen LogP contribution in [0.25, 0.3) is 0 Å². The molecule has 0 aromatic heterocycles. The molecular formula is C43H48N4O11S. The average molecular weight is 829 g/mol. The number of piperazine rings is 1. The van der Waals surface area contributed by atoms with Crippen LogP contribution < -0.4 is 29.0 Å². The minimum Gasteiger partial charge on any atom is -0.507 e. The number of phenols is 2. The van der Waals surface area contributed by atoms with Gasteiger partial charge in [0.25, 0.3) is 0 Å². The number of benzene rings is 3. The minimum atomic E-state index is -1.41. The van der Waals surface area contributed by atoms with Gasteiger partial charge < -0.3 is 43.4 Å². The lowest BCUT2D eigenvalue weighted by molar-refractivity contribution is -0.158. The van der Waals surface area contributed by atoms with E-state index in [0.717, 1.165) is 16.7 Å². The number of carbonyl (C=O) groups is 2. The summed E-state index contributed by atoms with van der Waals surface area (Å²) in [6, 6.07) is 6.32. The van der Waals surface area contributed by atoms with E-state index in [1.54, 1.807) is 39.8 Å². The third-order valence-electron chi connectivity index (χ3n) is 12.7. The zero-order chi connectivity index (χ0) is 41.9. The van der Waals surface area contributed by atoms with Crippen molar-refractivity contribution in [2.75, 3.05) is 53.5 Å². The van der Waals surface area contributed by atoms with E-state index in [1.165, 1.54) is 26.0 Å². The van der Waals surface area contributed by atoms with Gasteiger partial charge in [-0.3, -0.25) is 15.1 Å². The third-order valence-corrected chi connectivity index (χ3v) is 14.2. The van der Waals surface area contributed by atoms with Crippen LogP contribution in [0.4, 0.5) is 4.79 Å². The largest absolute Gasteiger partial charge is 0.514 e. The molecule has 0 aliphatic carbocycles. The highest BCUT2D eigenvalue weighted by Gasteiger charge is 2.64. The van der Waals surface area contributed by atoms with Gasteiger partial charge in [0.05, 0.1) is 37.6 Å². The molecule has 2 saturated heterocycles. The van der Waals surface area contributed by atoms with Crippen LogP contribution in [0, 0.1) is 25.2 Å². The Morgan fingerprint density at radius 2 is 1.78 bits per heavy atom. The van der Waals surface area contributed by atoms with Crippen LogP contribution >= 0.6 is 11.8 Å². The summed E-state index contributed by atoms with van der Waals surface area (Å²) < 4.78 is 41.2. The van der Waals surface area contributed by atoms with Gasteiger partial charge in [0.1, 0.15) is 23.5 Å². The zero-order valence-electron chi connectivity index (χ0n) is 34.3. The van der Waals surface area contributed by atoms with Crippen LogP contribution in [0.5, 0.6) is 40.2 Å². The minimum absolute atomic E-state index is 0.0153. The molecule has 3 N–H and O–H groups in total. The van der Waals surface area contributed by atoms with Crippen molar-refractivity contribution in [1.29, 1.82) is 5.26 Å². The Balaban J connectivity index is 1.25. The lowest BCUT2D eigenvalue weighted by atomic mass is 9.76. The Labute approximate surface area is 346 Å². The molecule has 2 unspecified atom stereocenters. The summed E-state index contributed by atoms with van der Waals surface area (Å²) in [4.78, 5) is 32.1. The predicted octanol–water partition coefficient (Wildman–Crippen LogP) is 5.38. The molecule has 0 radical (unpaired) electrons. The average Bonchev–Trinajstić information content (AvgIpc) is 3.59. The zero-order valence-corrected chi connectivity index (χ0v) is 35.1. The highest BCUT2D eigenvalue weighted by atomic mass is 32.2. The molecule has 16 heteroatoms. The van der Waals surface area contributed by atoms with E-state index in [2.05, 4.69) is 21.2 Å². The third kappa shape index (κ3) is 5.72. The SMILES string of the molecule is COc1cc2c(cc1OC(=O)OC(C)(C)C)CCN[C@]21CS[C@@H]2c3c(O)c(C)c4c(c3[C@H](COC1=O)N1C2[C@H]2c3c(cc(C)c(OC)c3O)C[C@]1(C#N)CN2C)OCO4. The van der Waals surface area contributed by atoms with Gasteiger partial charge >= 0.3 is 12.1 Å². The molecule has 0 amide bonds. The summed E-state index contributed by atoms with van der Waals surface area (Å²) in [6.07, 6.45) is -0.107. The van der Waals surface area contributed by atoms with Crippen LogP contribution in [0.2, 0.25) is 0 Å². The van der Waals surface area contributed by atoms with Crippen LogP contribution in [0.15, 0.2) is 18.2 Å². The van der Waals surface area contributed by atoms with Crippen molar-refractivity contribution >= 4 is 23.9 Å². The van der Waals surface area contributed by atoms with Gasteiger partial charge in [-0.25, -0.2) is 9.59 Å². The first-order chi connectivity index (χ1) is 28.1. The van der Waals surface area contributed by atoms with Crippen molar-refractivity contribution in [2.24, 2.45) is 0 Å². The maximum absolute atomic E-state index is 15.0. The fraction of sp³-hybridized carbons (Fsp3) is 0.512. The number of ether oxygens (including phenoxy) is 7. The number of hydrogen-bond acceptors (Lipinski definition) is 16. The number of hydrogen-bond donors (Lipinski definition) is 3. The first-order valence-electron chi connectivity index (χ1n) is 19.7. The van der Waals surface area contributed by atoms with E-state index in [1.807, 2.05) is 20.0 Å². The molecule has 8 aliphatic heterocycles. The number of likely N-dealkylation sites (N-methyl/N-ethyl adjacent to an activating group) is 1. The molecule has 59 heavy (non-hydrogen) atoms. The van der Waals surface area contributed by atoms with Crippen molar-refractivity contribution in [3.63, 3.8) is 0 Å². The van der Waals surface area contributed by atoms with Gasteiger partial charge in [-0.15, -0.1) is 11.8 Å². The number of rotatable bonds is 3. The van der Waals surface area contributed by atoms with E-state index < -0.39 is 52.2 Å². The van der Waals surface area contributed by atoms with Crippen molar-refractivity contribution in [3.05, 3.63) is 62.7 Å². The Morgan fingerprint density at radius 1 is 1.02 bits per heavy atom. The van der Waals surface area contributed by atoms with Crippen LogP contribution in [0.3, 0.4) is 0 Å². The van der Waals surface area contributed by atoms with E-state index >= 15 is 0 Å². The van der Waals surface area contributed by atoms with Gasteiger partial charge in [-0.2, -0.15) is 5.26 Å². The molecule has 312 valence electrons. The second-order valence-electron chi connectivity index (χ2n) is 17.2. The summed E-state index contributed by atoms with van der Waals surface area (Å²) in [5.74, 6) is 1.25. The van der Waals surface area contributed by atoms with Crippen LogP contribution in [-0.2, 0) is 32.6 Å². The fourth-order valence-electron chi connectivity index (χ4n) is 10.5. The predicted molar refractivity (Wildman–Crippen MR) is 214 cm³/mol. The number of fused-ring (bicyclic) bond motifs is 6. The number of nitriles is 1. The number of aryl methyl sites for hydroxylation is 1. The molecule has 7 atom stereocenters. The molecule has 15 nitrogen and oxygen atoms in total. The molecule has 4 bridgehead atoms. The molecule has 0 saturated carbocycles. The number of phenolic OH excluding ortho intramolecular Hbond substituents is 2. The number of thioether (sulfide) groups is 1. The van der Waals surface area contributed by atoms with E-state index in [9.17, 15) is 25.1 Å². The molecule has 8 heterocycles. The number of carbonyl (C=O) groups excluding carboxylic acids is 2. The molecular weight excluding hydrogens is 781 g/mol. The summed E-state index contributed by atoms with van der Waals surface area (Å²) in [5, 5.41) is 38.8. The lowest BCUT2D eigenvalue weighted by Gasteiger charge is -2.60. The second-order valence-corrected chi connectivity index (χ2v) is 18.4. The van der Waals surface area contributed by atoms with Gasteiger partial charge in [-0.1, -0.05) is 6.07 Å². The second kappa shape index (κ2) is 13.7. The Hall–Kier alpha value is -5.08. The lowest BCUT2D eigenvalue weighted by Crippen LogP contribution is -2.69. The molecule has 8 aliphatic rings. The van der Waals surface area contributed by atoms with Crippen LogP contribution in [-0.4, -0.2) is 103 Å². The first kappa shape index (κ1) is 39.4. The summed E-state index contributed by atoms with van der Waals surface area (Å²) in [7, 11) is 4.95. The maximum Gasteiger partial charge on any atom is 0.514 e. The fourth-order valence-corrected chi connectivity index (χ4v) is 12.1. The molecule has 1 spiro atoms. The van der Waals surface area contributed by atoms with Gasteiger partial charge in [0, 0.05) is 53.6 Å². The number of esters is 1. The van der Waals surface area contributed by atoms with Crippen molar-refractivity contribution in [1.82, 2.24) is 15.1 Å². The number of methoxy groups -OCH3 is 2. The quantitative estimate of drug-likeness (QED) is 0.226. The van der Waals surface area contributed by atoms with Gasteiger partial charge in [-0.05, 0) is 82.5 Å².